The van der Waals surface area contributed by atoms with Gasteiger partial charge in [-0.15, -0.1) is 11.6 Å². The predicted molar refractivity (Wildman–Crippen MR) is 38.9 cm³/mol. The Hall–Kier alpha value is 0.140. The Morgan fingerprint density at radius 3 is 2.40 bits per heavy atom. The maximum Gasteiger partial charge on any atom is 0.508 e. The van der Waals surface area contributed by atoms with Crippen LogP contribution in [-0.2, 0) is 4.74 Å². The molecule has 0 saturated carbocycles. The Morgan fingerprint density at radius 2 is 2.10 bits per heavy atom. The average molecular weight is 207 g/mol. The van der Waals surface area contributed by atoms with Gasteiger partial charge in [-0.2, -0.15) is 0 Å². The fourth-order valence-corrected chi connectivity index (χ4v) is 1.07. The zero-order valence-corrected chi connectivity index (χ0v) is 7.08. The first kappa shape index (κ1) is 10.1. The third-order valence-corrected chi connectivity index (χ3v) is 1.34. The van der Waals surface area contributed by atoms with Crippen LogP contribution >= 0.6 is 34.8 Å². The van der Waals surface area contributed by atoms with Gasteiger partial charge in [0.15, 0.2) is 0 Å². The van der Waals surface area contributed by atoms with Crippen LogP contribution in [0.25, 0.3) is 0 Å². The van der Waals surface area contributed by atoms with Crippen LogP contribution in [0.5, 0.6) is 0 Å². The number of hydrogen-bond acceptors (Lipinski definition) is 2. The van der Waals surface area contributed by atoms with E-state index in [1.807, 2.05) is 0 Å². The summed E-state index contributed by atoms with van der Waals surface area (Å²) in [5.74, 6) is 0.139. The van der Waals surface area contributed by atoms with Gasteiger partial charge in [0.05, 0.1) is 0 Å². The van der Waals surface area contributed by atoms with Gasteiger partial charge in [-0.05, 0) is 0 Å². The molecule has 0 unspecified atom stereocenters. The van der Waals surface area contributed by atoms with Crippen LogP contribution in [0.3, 0.4) is 0 Å². The molecule has 0 amide bonds. The van der Waals surface area contributed by atoms with Crippen molar-refractivity contribution in [3.05, 3.63) is 0 Å². The molecule has 0 radical (unpaired) electrons. The Balaban J connectivity index is 3.74. The second-order valence-corrected chi connectivity index (χ2v) is 3.24. The number of alkyl halides is 3. The third-order valence-electron chi connectivity index (χ3n) is 0.622. The van der Waals surface area contributed by atoms with Gasteiger partial charge in [0.2, 0.25) is 0 Å². The number of ether oxygens (including phenoxy) is 1. The summed E-state index contributed by atoms with van der Waals surface area (Å²) >= 11 is 15.8. The van der Waals surface area contributed by atoms with Gasteiger partial charge in [0.1, 0.15) is 0 Å². The van der Waals surface area contributed by atoms with Crippen molar-refractivity contribution in [2.24, 2.45) is 0 Å². The molecule has 3 nitrogen and oxygen atoms in total. The zero-order chi connectivity index (χ0) is 8.20. The molecule has 0 heterocycles. The Bertz CT molecular complexity index is 125. The quantitative estimate of drug-likeness (QED) is 0.571. The van der Waals surface area contributed by atoms with E-state index in [9.17, 15) is 4.79 Å². The van der Waals surface area contributed by atoms with Crippen LogP contribution in [0.1, 0.15) is 6.42 Å². The van der Waals surface area contributed by atoms with Crippen molar-refractivity contribution in [1.82, 2.24) is 0 Å². The first-order chi connectivity index (χ1) is 4.48. The van der Waals surface area contributed by atoms with Gasteiger partial charge < -0.3 is 9.84 Å². The lowest BCUT2D eigenvalue weighted by atomic mass is 10.5. The molecule has 6 heteroatoms. The fourth-order valence-electron chi connectivity index (χ4n) is 0.289. The summed E-state index contributed by atoms with van der Waals surface area (Å²) in [6.07, 6.45) is -1.46. The number of carboxylic acid groups (broad SMARTS) is 1. The van der Waals surface area contributed by atoms with E-state index < -0.39 is 10.7 Å². The first-order valence-electron chi connectivity index (χ1n) is 2.33. The molecular weight excluding hydrogens is 202 g/mol. The SMILES string of the molecule is O=C(O)OC(Cl)(Cl)CCCl. The van der Waals surface area contributed by atoms with E-state index in [2.05, 4.69) is 4.74 Å². The fraction of sp³-hybridized carbons (Fsp3) is 0.750. The van der Waals surface area contributed by atoms with Gasteiger partial charge in [-0.1, -0.05) is 23.2 Å². The second-order valence-electron chi connectivity index (χ2n) is 1.44. The first-order valence-corrected chi connectivity index (χ1v) is 3.63. The number of halogens is 3. The Kier molecular flexibility index (Phi) is 4.17. The van der Waals surface area contributed by atoms with E-state index >= 15 is 0 Å². The topological polar surface area (TPSA) is 46.5 Å². The van der Waals surface area contributed by atoms with Crippen LogP contribution in [0.15, 0.2) is 0 Å². The minimum Gasteiger partial charge on any atom is -0.450 e. The van der Waals surface area contributed by atoms with Crippen molar-refractivity contribution in [1.29, 1.82) is 0 Å². The maximum atomic E-state index is 9.86. The molecule has 1 N–H and O–H groups in total. The van der Waals surface area contributed by atoms with E-state index in [-0.39, 0.29) is 12.3 Å². The summed E-state index contributed by atoms with van der Waals surface area (Å²) in [6, 6.07) is 0. The Morgan fingerprint density at radius 1 is 1.60 bits per heavy atom. The van der Waals surface area contributed by atoms with Crippen molar-refractivity contribution in [2.75, 3.05) is 5.88 Å². The number of rotatable bonds is 3. The molecule has 0 rings (SSSR count). The van der Waals surface area contributed by atoms with Crippen LogP contribution in [0.4, 0.5) is 4.79 Å². The summed E-state index contributed by atoms with van der Waals surface area (Å²) in [7, 11) is 0. The van der Waals surface area contributed by atoms with E-state index in [1.54, 1.807) is 0 Å². The Labute approximate surface area is 72.8 Å². The zero-order valence-electron chi connectivity index (χ0n) is 4.81. The van der Waals surface area contributed by atoms with E-state index in [0.29, 0.717) is 0 Å². The predicted octanol–water partition coefficient (Wildman–Crippen LogP) is 2.44. The highest BCUT2D eigenvalue weighted by Gasteiger charge is 2.27. The molecule has 60 valence electrons. The molecule has 0 saturated heterocycles. The largest absolute Gasteiger partial charge is 0.508 e. The van der Waals surface area contributed by atoms with Gasteiger partial charge in [-0.3, -0.25) is 0 Å². The second kappa shape index (κ2) is 4.11. The van der Waals surface area contributed by atoms with E-state index in [0.717, 1.165) is 0 Å². The van der Waals surface area contributed by atoms with Crippen molar-refractivity contribution in [3.8, 4) is 0 Å². The third kappa shape index (κ3) is 4.97. The molecule has 0 aliphatic heterocycles. The highest BCUT2D eigenvalue weighted by Crippen LogP contribution is 2.27. The van der Waals surface area contributed by atoms with Gasteiger partial charge in [0, 0.05) is 12.3 Å². The highest BCUT2D eigenvalue weighted by molar-refractivity contribution is 6.47. The van der Waals surface area contributed by atoms with Gasteiger partial charge in [0.25, 0.3) is 4.52 Å². The van der Waals surface area contributed by atoms with Crippen molar-refractivity contribution < 1.29 is 14.6 Å². The maximum absolute atomic E-state index is 9.86. The lowest BCUT2D eigenvalue weighted by Gasteiger charge is -2.15. The van der Waals surface area contributed by atoms with Crippen molar-refractivity contribution in [2.45, 2.75) is 10.9 Å². The van der Waals surface area contributed by atoms with E-state index in [4.69, 9.17) is 39.9 Å². The number of hydrogen-bond donors (Lipinski definition) is 1. The van der Waals surface area contributed by atoms with E-state index in [1.165, 1.54) is 0 Å². The monoisotopic (exact) mass is 206 g/mol. The normalized spacial score (nSPS) is 11.1. The highest BCUT2D eigenvalue weighted by atomic mass is 35.5. The van der Waals surface area contributed by atoms with Crippen LogP contribution in [0.2, 0.25) is 0 Å². The molecule has 0 aromatic carbocycles. The molecule has 0 atom stereocenters. The summed E-state index contributed by atoms with van der Waals surface area (Å²) < 4.78 is 2.33. The molecule has 0 fully saturated rings. The molecule has 0 bridgehead atoms. The smallest absolute Gasteiger partial charge is 0.450 e. The standard InChI is InChI=1S/C4H5Cl3O3/c5-2-1-4(6,7)10-3(8)9/h1-2H2,(H,8,9). The lowest BCUT2D eigenvalue weighted by Crippen LogP contribution is -2.21. The van der Waals surface area contributed by atoms with Crippen LogP contribution in [-0.4, -0.2) is 21.7 Å². The van der Waals surface area contributed by atoms with Gasteiger partial charge >= 0.3 is 6.16 Å². The molecule has 10 heavy (non-hydrogen) atoms. The van der Waals surface area contributed by atoms with Crippen LogP contribution in [0, 0.1) is 0 Å². The van der Waals surface area contributed by atoms with Gasteiger partial charge in [-0.25, -0.2) is 4.79 Å². The molecule has 0 aromatic rings. The minimum atomic E-state index is -1.71. The molecule has 0 aliphatic carbocycles. The summed E-state index contributed by atoms with van der Waals surface area (Å²) in [5, 5.41) is 8.04. The lowest BCUT2D eigenvalue weighted by molar-refractivity contribution is 0.0644. The average Bonchev–Trinajstić information content (AvgIpc) is 1.59. The summed E-state index contributed by atoms with van der Waals surface area (Å²) in [5.41, 5.74) is 0. The molecule has 0 spiro atoms. The summed E-state index contributed by atoms with van der Waals surface area (Å²) in [4.78, 5) is 9.86. The van der Waals surface area contributed by atoms with Crippen LogP contribution < -0.4 is 0 Å². The minimum absolute atomic E-state index is 0.0595. The number of carbonyl (C=O) groups is 1. The molecule has 0 aromatic heterocycles. The summed E-state index contributed by atoms with van der Waals surface area (Å²) in [6.45, 7) is 0. The molecule has 0 aliphatic rings. The van der Waals surface area contributed by atoms with Crippen molar-refractivity contribution >= 4 is 41.0 Å². The molecular formula is C4H5Cl3O3. The van der Waals surface area contributed by atoms with Crippen molar-refractivity contribution in [3.63, 3.8) is 0 Å².